The third-order valence-corrected chi connectivity index (χ3v) is 3.98. The number of ether oxygens (including phenoxy) is 2. The summed E-state index contributed by atoms with van der Waals surface area (Å²) in [4.78, 5) is 14.1. The maximum absolute atomic E-state index is 12.1. The quantitative estimate of drug-likeness (QED) is 0.648. The van der Waals surface area contributed by atoms with Crippen LogP contribution in [0.25, 0.3) is 0 Å². The molecule has 1 fully saturated rings. The summed E-state index contributed by atoms with van der Waals surface area (Å²) in [5.41, 5.74) is 1.11. The lowest BCUT2D eigenvalue weighted by Crippen LogP contribution is -2.18. The molecule has 0 spiro atoms. The van der Waals surface area contributed by atoms with Crippen LogP contribution in [0.4, 0.5) is 0 Å². The van der Waals surface area contributed by atoms with Crippen molar-refractivity contribution in [1.29, 1.82) is 0 Å². The minimum absolute atomic E-state index is 0.185. The fraction of sp³-hybridized carbons (Fsp3) is 0.500. The lowest BCUT2D eigenvalue weighted by atomic mass is 10.2. The first-order valence-electron chi connectivity index (χ1n) is 8.54. The lowest BCUT2D eigenvalue weighted by molar-refractivity contribution is 0.0465. The Kier molecular flexibility index (Phi) is 5.65. The molecule has 7 nitrogen and oxygen atoms in total. The number of benzene rings is 1. The molecule has 0 radical (unpaired) electrons. The first kappa shape index (κ1) is 17.4. The van der Waals surface area contributed by atoms with Gasteiger partial charge in [-0.05, 0) is 50.6 Å². The summed E-state index contributed by atoms with van der Waals surface area (Å²) in [7, 11) is 3.96. The molecule has 0 amide bonds. The second-order valence-electron chi connectivity index (χ2n) is 6.65. The summed E-state index contributed by atoms with van der Waals surface area (Å²) in [6, 6.07) is 7.64. The molecule has 1 aromatic carbocycles. The van der Waals surface area contributed by atoms with Crippen LogP contribution in [0.1, 0.15) is 28.9 Å². The highest BCUT2D eigenvalue weighted by Gasteiger charge is 2.21. The van der Waals surface area contributed by atoms with Crippen LogP contribution in [0, 0.1) is 5.92 Å². The number of carbonyl (C=O) groups is 1. The molecule has 1 heterocycles. The van der Waals surface area contributed by atoms with Crippen molar-refractivity contribution in [3.8, 4) is 5.75 Å². The summed E-state index contributed by atoms with van der Waals surface area (Å²) < 4.78 is 12.7. The van der Waals surface area contributed by atoms with Crippen molar-refractivity contribution >= 4 is 5.97 Å². The number of rotatable bonds is 9. The van der Waals surface area contributed by atoms with Gasteiger partial charge in [-0.2, -0.15) is 0 Å². The van der Waals surface area contributed by atoms with Crippen LogP contribution in [0.15, 0.2) is 30.5 Å². The fourth-order valence-corrected chi connectivity index (χ4v) is 2.25. The van der Waals surface area contributed by atoms with E-state index in [1.807, 2.05) is 43.3 Å². The van der Waals surface area contributed by atoms with Gasteiger partial charge in [0.1, 0.15) is 12.4 Å². The summed E-state index contributed by atoms with van der Waals surface area (Å²) >= 11 is 0. The van der Waals surface area contributed by atoms with Gasteiger partial charge in [-0.25, -0.2) is 4.79 Å². The highest BCUT2D eigenvalue weighted by Crippen LogP contribution is 2.29. The van der Waals surface area contributed by atoms with E-state index in [4.69, 9.17) is 9.47 Å². The summed E-state index contributed by atoms with van der Waals surface area (Å²) in [6.07, 6.45) is 4.13. The standard InChI is InChI=1S/C18H24N4O3/c1-21(2)8-9-22-11-17(19-20-22)18(23)25-13-15-4-3-5-16(10-15)24-12-14-6-7-14/h3-5,10-11,14H,6-9,12-13H2,1-2H3. The van der Waals surface area contributed by atoms with Crippen molar-refractivity contribution in [2.75, 3.05) is 27.2 Å². The normalized spacial score (nSPS) is 13.9. The summed E-state index contributed by atoms with van der Waals surface area (Å²) in [5.74, 6) is 1.05. The molecule has 3 rings (SSSR count). The van der Waals surface area contributed by atoms with Crippen molar-refractivity contribution in [3.63, 3.8) is 0 Å². The van der Waals surface area contributed by atoms with E-state index in [0.29, 0.717) is 12.5 Å². The summed E-state index contributed by atoms with van der Waals surface area (Å²) in [6.45, 7) is 2.45. The fourth-order valence-electron chi connectivity index (χ4n) is 2.25. The van der Waals surface area contributed by atoms with Crippen LogP contribution in [0.2, 0.25) is 0 Å². The van der Waals surface area contributed by atoms with Crippen LogP contribution in [-0.2, 0) is 17.9 Å². The van der Waals surface area contributed by atoms with Gasteiger partial charge in [0.05, 0.1) is 19.3 Å². The Bertz CT molecular complexity index is 710. The molecular weight excluding hydrogens is 320 g/mol. The molecule has 1 aliphatic rings. The molecule has 0 aliphatic heterocycles. The molecule has 0 N–H and O–H groups in total. The van der Waals surface area contributed by atoms with Crippen molar-refractivity contribution in [1.82, 2.24) is 19.9 Å². The number of esters is 1. The SMILES string of the molecule is CN(C)CCn1cc(C(=O)OCc2cccc(OCC3CC3)c2)nn1. The number of aromatic nitrogens is 3. The van der Waals surface area contributed by atoms with Gasteiger partial charge in [-0.15, -0.1) is 5.10 Å². The molecule has 0 bridgehead atoms. The first-order valence-corrected chi connectivity index (χ1v) is 8.54. The molecule has 1 aromatic heterocycles. The number of nitrogens with zero attached hydrogens (tertiary/aromatic N) is 4. The predicted molar refractivity (Wildman–Crippen MR) is 92.4 cm³/mol. The van der Waals surface area contributed by atoms with Crippen molar-refractivity contribution in [2.45, 2.75) is 26.0 Å². The van der Waals surface area contributed by atoms with Gasteiger partial charge in [-0.3, -0.25) is 4.68 Å². The minimum Gasteiger partial charge on any atom is -0.493 e. The Morgan fingerprint density at radius 1 is 1.36 bits per heavy atom. The van der Waals surface area contributed by atoms with E-state index in [9.17, 15) is 4.79 Å². The maximum atomic E-state index is 12.1. The van der Waals surface area contributed by atoms with Crippen LogP contribution in [0.3, 0.4) is 0 Å². The molecule has 7 heteroatoms. The number of hydrogen-bond donors (Lipinski definition) is 0. The summed E-state index contributed by atoms with van der Waals surface area (Å²) in [5, 5.41) is 7.82. The monoisotopic (exact) mass is 344 g/mol. The zero-order valence-corrected chi connectivity index (χ0v) is 14.7. The van der Waals surface area contributed by atoms with E-state index in [0.717, 1.165) is 24.5 Å². The van der Waals surface area contributed by atoms with Crippen LogP contribution in [-0.4, -0.2) is 53.1 Å². The number of carbonyl (C=O) groups excluding carboxylic acids is 1. The van der Waals surface area contributed by atoms with Crippen molar-refractivity contribution in [2.24, 2.45) is 5.92 Å². The molecule has 25 heavy (non-hydrogen) atoms. The predicted octanol–water partition coefficient (Wildman–Crippen LogP) is 1.99. The molecule has 1 saturated carbocycles. The van der Waals surface area contributed by atoms with Gasteiger partial charge in [0.25, 0.3) is 0 Å². The van der Waals surface area contributed by atoms with Crippen LogP contribution < -0.4 is 4.74 Å². The van der Waals surface area contributed by atoms with Gasteiger partial charge in [-0.1, -0.05) is 17.3 Å². The van der Waals surface area contributed by atoms with Gasteiger partial charge in [0, 0.05) is 6.54 Å². The highest BCUT2D eigenvalue weighted by atomic mass is 16.5. The van der Waals surface area contributed by atoms with Gasteiger partial charge < -0.3 is 14.4 Å². The second-order valence-corrected chi connectivity index (χ2v) is 6.65. The number of likely N-dealkylation sites (N-methyl/N-ethyl adjacent to an activating group) is 1. The molecular formula is C18H24N4O3. The lowest BCUT2D eigenvalue weighted by Gasteiger charge is -2.08. The Hall–Kier alpha value is -2.41. The molecule has 0 unspecified atom stereocenters. The van der Waals surface area contributed by atoms with Gasteiger partial charge >= 0.3 is 5.97 Å². The van der Waals surface area contributed by atoms with E-state index in [1.54, 1.807) is 10.9 Å². The van der Waals surface area contributed by atoms with E-state index in [1.165, 1.54) is 12.8 Å². The molecule has 1 aliphatic carbocycles. The highest BCUT2D eigenvalue weighted by molar-refractivity contribution is 5.86. The molecule has 0 saturated heterocycles. The third-order valence-electron chi connectivity index (χ3n) is 3.98. The van der Waals surface area contributed by atoms with Gasteiger partial charge in [0.2, 0.25) is 0 Å². The Labute approximate surface area is 147 Å². The van der Waals surface area contributed by atoms with E-state index >= 15 is 0 Å². The largest absolute Gasteiger partial charge is 0.493 e. The van der Waals surface area contributed by atoms with Crippen LogP contribution in [0.5, 0.6) is 5.75 Å². The maximum Gasteiger partial charge on any atom is 0.360 e. The average molecular weight is 344 g/mol. The zero-order chi connectivity index (χ0) is 17.6. The van der Waals surface area contributed by atoms with E-state index in [2.05, 4.69) is 10.3 Å². The van der Waals surface area contributed by atoms with Crippen molar-refractivity contribution < 1.29 is 14.3 Å². The Morgan fingerprint density at radius 2 is 2.20 bits per heavy atom. The third kappa shape index (κ3) is 5.56. The molecule has 2 aromatic rings. The zero-order valence-electron chi connectivity index (χ0n) is 14.7. The number of hydrogen-bond acceptors (Lipinski definition) is 6. The molecule has 134 valence electrons. The van der Waals surface area contributed by atoms with E-state index < -0.39 is 5.97 Å². The van der Waals surface area contributed by atoms with Crippen LogP contribution >= 0.6 is 0 Å². The van der Waals surface area contributed by atoms with E-state index in [-0.39, 0.29) is 12.3 Å². The first-order chi connectivity index (χ1) is 12.1. The second kappa shape index (κ2) is 8.11. The average Bonchev–Trinajstić information content (AvgIpc) is 3.32. The smallest absolute Gasteiger partial charge is 0.360 e. The Morgan fingerprint density at radius 3 is 2.96 bits per heavy atom. The molecule has 0 atom stereocenters. The topological polar surface area (TPSA) is 69.5 Å². The van der Waals surface area contributed by atoms with Crippen molar-refractivity contribution in [3.05, 3.63) is 41.7 Å². The van der Waals surface area contributed by atoms with Gasteiger partial charge in [0.15, 0.2) is 5.69 Å². The Balaban J connectivity index is 1.49. The minimum atomic E-state index is -0.472.